The molecule has 29 heavy (non-hydrogen) atoms. The number of anilines is 1. The predicted molar refractivity (Wildman–Crippen MR) is 106 cm³/mol. The van der Waals surface area contributed by atoms with E-state index in [9.17, 15) is 28.2 Å². The van der Waals surface area contributed by atoms with Crippen molar-refractivity contribution in [1.29, 1.82) is 0 Å². The number of phenolic OH excluding ortho intramolecular Hbond substituents is 1. The van der Waals surface area contributed by atoms with Crippen molar-refractivity contribution < 1.29 is 28.2 Å². The molecule has 0 aliphatic rings. The van der Waals surface area contributed by atoms with Gasteiger partial charge in [0, 0.05) is 5.69 Å². The number of carboxylic acids is 1. The number of aromatic hydroxyl groups is 1. The van der Waals surface area contributed by atoms with Crippen molar-refractivity contribution >= 4 is 27.4 Å². The van der Waals surface area contributed by atoms with Gasteiger partial charge in [-0.25, -0.2) is 13.2 Å². The van der Waals surface area contributed by atoms with E-state index in [1.807, 2.05) is 6.92 Å². The molecule has 3 aromatic carbocycles. The normalized spacial score (nSPS) is 11.1. The molecule has 8 heteroatoms. The van der Waals surface area contributed by atoms with Gasteiger partial charge in [-0.1, -0.05) is 17.7 Å². The first-order chi connectivity index (χ1) is 13.7. The Bertz CT molecular complexity index is 1180. The Labute approximate surface area is 167 Å². The lowest BCUT2D eigenvalue weighted by atomic mass is 10.1. The van der Waals surface area contributed by atoms with Crippen LogP contribution in [0.1, 0.15) is 26.3 Å². The summed E-state index contributed by atoms with van der Waals surface area (Å²) in [7, 11) is -3.70. The summed E-state index contributed by atoms with van der Waals surface area (Å²) in [4.78, 5) is 23.9. The molecule has 0 aliphatic carbocycles. The first-order valence-corrected chi connectivity index (χ1v) is 9.96. The number of aryl methyl sites for hydroxylation is 1. The number of benzene rings is 3. The van der Waals surface area contributed by atoms with E-state index in [2.05, 4.69) is 5.32 Å². The number of nitrogens with one attached hydrogen (secondary N) is 1. The highest BCUT2D eigenvalue weighted by Crippen LogP contribution is 2.24. The molecule has 0 atom stereocenters. The molecule has 0 aliphatic heterocycles. The van der Waals surface area contributed by atoms with Crippen LogP contribution in [0.5, 0.6) is 5.75 Å². The SMILES string of the molecule is Cc1ccc(S(=O)(=O)c2ccc(NC(=O)c3cc(O)ccc3C(=O)O)cc2)cc1. The van der Waals surface area contributed by atoms with Gasteiger partial charge in [-0.3, -0.25) is 4.79 Å². The van der Waals surface area contributed by atoms with Crippen LogP contribution in [0.4, 0.5) is 5.69 Å². The van der Waals surface area contributed by atoms with Crippen molar-refractivity contribution in [3.63, 3.8) is 0 Å². The summed E-state index contributed by atoms with van der Waals surface area (Å²) >= 11 is 0. The zero-order valence-corrected chi connectivity index (χ0v) is 16.1. The van der Waals surface area contributed by atoms with Crippen molar-refractivity contribution in [2.75, 3.05) is 5.32 Å². The summed E-state index contributed by atoms with van der Waals surface area (Å²) in [5, 5.41) is 21.2. The number of aromatic carboxylic acids is 1. The second-order valence-electron chi connectivity index (χ2n) is 6.33. The predicted octanol–water partition coefficient (Wildman–Crippen LogP) is 3.48. The number of carboxylic acid groups (broad SMARTS) is 1. The topological polar surface area (TPSA) is 121 Å². The van der Waals surface area contributed by atoms with E-state index in [-0.39, 0.29) is 32.4 Å². The molecule has 1 amide bonds. The summed E-state index contributed by atoms with van der Waals surface area (Å²) < 4.78 is 25.4. The summed E-state index contributed by atoms with van der Waals surface area (Å²) in [6, 6.07) is 15.3. The van der Waals surface area contributed by atoms with Gasteiger partial charge < -0.3 is 15.5 Å². The minimum atomic E-state index is -3.70. The molecule has 0 spiro atoms. The molecule has 0 radical (unpaired) electrons. The quantitative estimate of drug-likeness (QED) is 0.591. The lowest BCUT2D eigenvalue weighted by Crippen LogP contribution is -2.16. The molecule has 0 saturated heterocycles. The van der Waals surface area contributed by atoms with Crippen LogP contribution < -0.4 is 5.32 Å². The second-order valence-corrected chi connectivity index (χ2v) is 8.28. The van der Waals surface area contributed by atoms with Gasteiger partial charge in [-0.15, -0.1) is 0 Å². The smallest absolute Gasteiger partial charge is 0.336 e. The standard InChI is InChI=1S/C21H17NO6S/c1-13-2-7-16(8-3-13)29(27,28)17-9-4-14(5-10-17)22-20(24)19-12-15(23)6-11-18(19)21(25)26/h2-12,23H,1H3,(H,22,24)(H,25,26). The highest BCUT2D eigenvalue weighted by atomic mass is 32.2. The van der Waals surface area contributed by atoms with Crippen LogP contribution in [0.2, 0.25) is 0 Å². The lowest BCUT2D eigenvalue weighted by molar-refractivity contribution is 0.0692. The van der Waals surface area contributed by atoms with E-state index in [1.54, 1.807) is 12.1 Å². The molecule has 148 valence electrons. The molecular formula is C21H17NO6S. The number of sulfone groups is 1. The molecule has 0 aromatic heterocycles. The third kappa shape index (κ3) is 4.27. The Morgan fingerprint density at radius 2 is 1.38 bits per heavy atom. The van der Waals surface area contributed by atoms with Crippen molar-refractivity contribution in [2.24, 2.45) is 0 Å². The van der Waals surface area contributed by atoms with E-state index in [0.717, 1.165) is 17.7 Å². The first-order valence-electron chi connectivity index (χ1n) is 8.48. The number of hydrogen-bond acceptors (Lipinski definition) is 5. The second kappa shape index (κ2) is 7.76. The van der Waals surface area contributed by atoms with Gasteiger partial charge in [-0.2, -0.15) is 0 Å². The zero-order chi connectivity index (χ0) is 21.2. The minimum absolute atomic E-state index is 0.0583. The average molecular weight is 411 g/mol. The monoisotopic (exact) mass is 411 g/mol. The minimum Gasteiger partial charge on any atom is -0.508 e. The van der Waals surface area contributed by atoms with Gasteiger partial charge >= 0.3 is 5.97 Å². The van der Waals surface area contributed by atoms with Crippen LogP contribution in [0, 0.1) is 6.92 Å². The Balaban J connectivity index is 1.84. The van der Waals surface area contributed by atoms with Crippen LogP contribution in [0.25, 0.3) is 0 Å². The highest BCUT2D eigenvalue weighted by molar-refractivity contribution is 7.91. The number of carbonyl (C=O) groups excluding carboxylic acids is 1. The third-order valence-electron chi connectivity index (χ3n) is 4.23. The summed E-state index contributed by atoms with van der Waals surface area (Å²) in [5.41, 5.74) is 0.736. The molecule has 0 heterocycles. The summed E-state index contributed by atoms with van der Waals surface area (Å²) in [6.45, 7) is 1.86. The summed E-state index contributed by atoms with van der Waals surface area (Å²) in [6.07, 6.45) is 0. The number of carbonyl (C=O) groups is 2. The largest absolute Gasteiger partial charge is 0.508 e. The summed E-state index contributed by atoms with van der Waals surface area (Å²) in [5.74, 6) is -2.30. The fourth-order valence-electron chi connectivity index (χ4n) is 2.68. The van der Waals surface area contributed by atoms with E-state index in [1.165, 1.54) is 42.5 Å². The van der Waals surface area contributed by atoms with Crippen LogP contribution in [0.3, 0.4) is 0 Å². The number of phenols is 1. The maximum absolute atomic E-state index is 12.7. The fraction of sp³-hybridized carbons (Fsp3) is 0.0476. The molecule has 3 aromatic rings. The number of rotatable bonds is 5. The van der Waals surface area contributed by atoms with Crippen molar-refractivity contribution in [2.45, 2.75) is 16.7 Å². The van der Waals surface area contributed by atoms with Gasteiger partial charge in [-0.05, 0) is 61.5 Å². The Kier molecular flexibility index (Phi) is 5.38. The number of amides is 1. The van der Waals surface area contributed by atoms with Gasteiger partial charge in [0.25, 0.3) is 5.91 Å². The maximum Gasteiger partial charge on any atom is 0.336 e. The van der Waals surface area contributed by atoms with Crippen LogP contribution >= 0.6 is 0 Å². The first kappa shape index (κ1) is 20.1. The molecule has 3 rings (SSSR count). The van der Waals surface area contributed by atoms with E-state index in [4.69, 9.17) is 0 Å². The Morgan fingerprint density at radius 1 is 0.828 bits per heavy atom. The molecule has 0 saturated carbocycles. The molecule has 0 bridgehead atoms. The van der Waals surface area contributed by atoms with Crippen LogP contribution in [0.15, 0.2) is 76.5 Å². The van der Waals surface area contributed by atoms with Gasteiger partial charge in [0.1, 0.15) is 5.75 Å². The third-order valence-corrected chi connectivity index (χ3v) is 6.02. The van der Waals surface area contributed by atoms with E-state index >= 15 is 0 Å². The maximum atomic E-state index is 12.7. The Hall–Kier alpha value is -3.65. The van der Waals surface area contributed by atoms with E-state index in [0.29, 0.717) is 0 Å². The van der Waals surface area contributed by atoms with Gasteiger partial charge in [0.2, 0.25) is 9.84 Å². The molecule has 0 unspecified atom stereocenters. The van der Waals surface area contributed by atoms with E-state index < -0.39 is 21.7 Å². The van der Waals surface area contributed by atoms with Gasteiger partial charge in [0.05, 0.1) is 20.9 Å². The molecular weight excluding hydrogens is 394 g/mol. The van der Waals surface area contributed by atoms with Crippen LogP contribution in [-0.4, -0.2) is 30.5 Å². The van der Waals surface area contributed by atoms with Crippen molar-refractivity contribution in [3.8, 4) is 5.75 Å². The molecule has 7 nitrogen and oxygen atoms in total. The van der Waals surface area contributed by atoms with Gasteiger partial charge in [0.15, 0.2) is 0 Å². The van der Waals surface area contributed by atoms with Crippen molar-refractivity contribution in [1.82, 2.24) is 0 Å². The average Bonchev–Trinajstić information content (AvgIpc) is 2.68. The van der Waals surface area contributed by atoms with Crippen molar-refractivity contribution in [3.05, 3.63) is 83.4 Å². The molecule has 3 N–H and O–H groups in total. The van der Waals surface area contributed by atoms with Crippen LogP contribution in [-0.2, 0) is 9.84 Å². The lowest BCUT2D eigenvalue weighted by Gasteiger charge is -2.10. The number of hydrogen-bond donors (Lipinski definition) is 3. The fourth-order valence-corrected chi connectivity index (χ4v) is 3.94. The highest BCUT2D eigenvalue weighted by Gasteiger charge is 2.19. The zero-order valence-electron chi connectivity index (χ0n) is 15.3. The molecule has 0 fully saturated rings. The Morgan fingerprint density at radius 3 is 1.93 bits per heavy atom.